The fourth-order valence-electron chi connectivity index (χ4n) is 1.85. The van der Waals surface area contributed by atoms with E-state index in [2.05, 4.69) is 26.6 Å². The van der Waals surface area contributed by atoms with Gasteiger partial charge in [0.15, 0.2) is 17.5 Å². The monoisotopic (exact) mass is 400 g/mol. The first-order valence-electron chi connectivity index (χ1n) is 6.85. The molecule has 0 radical (unpaired) electrons. The lowest BCUT2D eigenvalue weighted by molar-refractivity contribution is 0.0924. The molecule has 0 unspecified atom stereocenters. The Hall–Kier alpha value is -2.35. The number of hydrogen-bond donors (Lipinski definition) is 2. The van der Waals surface area contributed by atoms with E-state index in [1.807, 2.05) is 0 Å². The van der Waals surface area contributed by atoms with Gasteiger partial charge in [0.25, 0.3) is 11.8 Å². The molecule has 0 atom stereocenters. The Morgan fingerprint density at radius 3 is 2.04 bits per heavy atom. The SMILES string of the molecule is O=C(NCCNC(=O)c1ccc(F)c(F)c1F)c1ccc(Br)cc1. The molecule has 2 aromatic carbocycles. The van der Waals surface area contributed by atoms with Crippen LogP contribution >= 0.6 is 15.9 Å². The molecule has 4 nitrogen and oxygen atoms in total. The average molecular weight is 401 g/mol. The molecule has 2 aromatic rings. The van der Waals surface area contributed by atoms with Crippen LogP contribution in [0.15, 0.2) is 40.9 Å². The van der Waals surface area contributed by atoms with Gasteiger partial charge in [-0.2, -0.15) is 0 Å². The van der Waals surface area contributed by atoms with Crippen molar-refractivity contribution < 1.29 is 22.8 Å². The maximum Gasteiger partial charge on any atom is 0.254 e. The van der Waals surface area contributed by atoms with Crippen molar-refractivity contribution >= 4 is 27.7 Å². The molecule has 0 aliphatic carbocycles. The fraction of sp³-hybridized carbons (Fsp3) is 0.125. The van der Waals surface area contributed by atoms with Crippen LogP contribution in [0.1, 0.15) is 20.7 Å². The van der Waals surface area contributed by atoms with Crippen LogP contribution in [0.5, 0.6) is 0 Å². The van der Waals surface area contributed by atoms with E-state index in [9.17, 15) is 22.8 Å². The first-order chi connectivity index (χ1) is 11.4. The lowest BCUT2D eigenvalue weighted by Gasteiger charge is -2.08. The van der Waals surface area contributed by atoms with Crippen molar-refractivity contribution in [1.82, 2.24) is 10.6 Å². The first-order valence-corrected chi connectivity index (χ1v) is 7.65. The molecule has 0 saturated carbocycles. The summed E-state index contributed by atoms with van der Waals surface area (Å²) in [5.41, 5.74) is -0.163. The number of amides is 2. The quantitative estimate of drug-likeness (QED) is 0.598. The summed E-state index contributed by atoms with van der Waals surface area (Å²) in [6.45, 7) is 0.0888. The van der Waals surface area contributed by atoms with Crippen LogP contribution in [0.25, 0.3) is 0 Å². The number of nitrogens with one attached hydrogen (secondary N) is 2. The lowest BCUT2D eigenvalue weighted by atomic mass is 10.2. The molecule has 0 bridgehead atoms. The summed E-state index contributed by atoms with van der Waals surface area (Å²) >= 11 is 3.25. The highest BCUT2D eigenvalue weighted by Crippen LogP contribution is 2.15. The van der Waals surface area contributed by atoms with E-state index in [0.717, 1.165) is 10.5 Å². The molecule has 0 heterocycles. The first kappa shape index (κ1) is 18.0. The minimum Gasteiger partial charge on any atom is -0.350 e. The highest BCUT2D eigenvalue weighted by atomic mass is 79.9. The van der Waals surface area contributed by atoms with Gasteiger partial charge in [-0.05, 0) is 36.4 Å². The maximum absolute atomic E-state index is 13.5. The Morgan fingerprint density at radius 2 is 1.42 bits per heavy atom. The lowest BCUT2D eigenvalue weighted by Crippen LogP contribution is -2.35. The molecule has 126 valence electrons. The zero-order chi connectivity index (χ0) is 17.7. The Bertz CT molecular complexity index is 767. The molecular weight excluding hydrogens is 389 g/mol. The van der Waals surface area contributed by atoms with E-state index >= 15 is 0 Å². The van der Waals surface area contributed by atoms with Crippen LogP contribution < -0.4 is 10.6 Å². The summed E-state index contributed by atoms with van der Waals surface area (Å²) in [5.74, 6) is -5.86. The Morgan fingerprint density at radius 1 is 0.833 bits per heavy atom. The Balaban J connectivity index is 1.84. The van der Waals surface area contributed by atoms with Gasteiger partial charge in [0, 0.05) is 23.1 Å². The Labute approximate surface area is 144 Å². The van der Waals surface area contributed by atoms with Gasteiger partial charge < -0.3 is 10.6 Å². The molecule has 0 aromatic heterocycles. The van der Waals surface area contributed by atoms with Gasteiger partial charge in [-0.3, -0.25) is 9.59 Å². The molecule has 0 aliphatic rings. The molecule has 0 fully saturated rings. The van der Waals surface area contributed by atoms with Gasteiger partial charge in [0.1, 0.15) is 0 Å². The summed E-state index contributed by atoms with van der Waals surface area (Å²) in [6.07, 6.45) is 0. The van der Waals surface area contributed by atoms with Gasteiger partial charge in [0.2, 0.25) is 0 Å². The smallest absolute Gasteiger partial charge is 0.254 e. The topological polar surface area (TPSA) is 58.2 Å². The summed E-state index contributed by atoms with van der Waals surface area (Å²) in [6, 6.07) is 8.18. The van der Waals surface area contributed by atoms with Crippen molar-refractivity contribution in [2.75, 3.05) is 13.1 Å². The van der Waals surface area contributed by atoms with Crippen molar-refractivity contribution in [1.29, 1.82) is 0 Å². The highest BCUT2D eigenvalue weighted by Gasteiger charge is 2.18. The zero-order valence-electron chi connectivity index (χ0n) is 12.2. The normalized spacial score (nSPS) is 10.3. The maximum atomic E-state index is 13.5. The van der Waals surface area contributed by atoms with Crippen molar-refractivity contribution in [2.24, 2.45) is 0 Å². The predicted molar refractivity (Wildman–Crippen MR) is 85.1 cm³/mol. The zero-order valence-corrected chi connectivity index (χ0v) is 13.8. The fourth-order valence-corrected chi connectivity index (χ4v) is 2.12. The van der Waals surface area contributed by atoms with Crippen LogP contribution in [-0.2, 0) is 0 Å². The van der Waals surface area contributed by atoms with Gasteiger partial charge in [-0.15, -0.1) is 0 Å². The van der Waals surface area contributed by atoms with E-state index in [1.54, 1.807) is 24.3 Å². The van der Waals surface area contributed by atoms with Gasteiger partial charge in [-0.1, -0.05) is 15.9 Å². The van der Waals surface area contributed by atoms with E-state index in [4.69, 9.17) is 0 Å². The number of halogens is 4. The average Bonchev–Trinajstić information content (AvgIpc) is 2.57. The third-order valence-corrected chi connectivity index (χ3v) is 3.61. The largest absolute Gasteiger partial charge is 0.350 e. The highest BCUT2D eigenvalue weighted by molar-refractivity contribution is 9.10. The number of carbonyl (C=O) groups is 2. The van der Waals surface area contributed by atoms with Gasteiger partial charge >= 0.3 is 0 Å². The van der Waals surface area contributed by atoms with Crippen molar-refractivity contribution in [3.63, 3.8) is 0 Å². The van der Waals surface area contributed by atoms with Gasteiger partial charge in [-0.25, -0.2) is 13.2 Å². The second kappa shape index (κ2) is 7.96. The minimum atomic E-state index is -1.70. The van der Waals surface area contributed by atoms with Crippen LogP contribution in [0.4, 0.5) is 13.2 Å². The third-order valence-electron chi connectivity index (χ3n) is 3.08. The van der Waals surface area contributed by atoms with E-state index < -0.39 is 28.9 Å². The number of carbonyl (C=O) groups excluding carboxylic acids is 2. The second-order valence-electron chi connectivity index (χ2n) is 4.74. The molecule has 0 saturated heterocycles. The molecular formula is C16H12BrF3N2O2. The van der Waals surface area contributed by atoms with Crippen LogP contribution in [0.3, 0.4) is 0 Å². The van der Waals surface area contributed by atoms with E-state index in [1.165, 1.54) is 0 Å². The molecule has 8 heteroatoms. The summed E-state index contributed by atoms with van der Waals surface area (Å²) < 4.78 is 40.2. The van der Waals surface area contributed by atoms with E-state index in [-0.39, 0.29) is 19.0 Å². The third kappa shape index (κ3) is 4.35. The molecule has 0 aliphatic heterocycles. The molecule has 0 spiro atoms. The van der Waals surface area contributed by atoms with Crippen molar-refractivity contribution in [3.05, 3.63) is 69.4 Å². The second-order valence-corrected chi connectivity index (χ2v) is 5.66. The van der Waals surface area contributed by atoms with E-state index in [0.29, 0.717) is 11.6 Å². The number of rotatable bonds is 5. The van der Waals surface area contributed by atoms with Crippen LogP contribution in [0, 0.1) is 17.5 Å². The van der Waals surface area contributed by atoms with Gasteiger partial charge in [0.05, 0.1) is 5.56 Å². The number of benzene rings is 2. The van der Waals surface area contributed by atoms with Crippen molar-refractivity contribution in [2.45, 2.75) is 0 Å². The molecule has 24 heavy (non-hydrogen) atoms. The van der Waals surface area contributed by atoms with Crippen LogP contribution in [-0.4, -0.2) is 24.9 Å². The molecule has 2 N–H and O–H groups in total. The molecule has 2 rings (SSSR count). The van der Waals surface area contributed by atoms with Crippen LogP contribution in [0.2, 0.25) is 0 Å². The summed E-state index contributed by atoms with van der Waals surface area (Å²) in [4.78, 5) is 23.5. The summed E-state index contributed by atoms with van der Waals surface area (Å²) in [5, 5.41) is 4.88. The summed E-state index contributed by atoms with van der Waals surface area (Å²) in [7, 11) is 0. The number of hydrogen-bond acceptors (Lipinski definition) is 2. The minimum absolute atomic E-state index is 0.000459. The van der Waals surface area contributed by atoms with Crippen molar-refractivity contribution in [3.8, 4) is 0 Å². The molecule has 2 amide bonds. The Kier molecular flexibility index (Phi) is 5.97. The predicted octanol–water partition coefficient (Wildman–Crippen LogP) is 3.03. The standard InChI is InChI=1S/C16H12BrF3N2O2/c17-10-3-1-9(2-4-10)15(23)21-7-8-22-16(24)11-5-6-12(18)14(20)13(11)19/h1-6H,7-8H2,(H,21,23)(H,22,24).